The molecule has 2 heterocycles. The normalized spacial score (nSPS) is 18.9. The van der Waals surface area contributed by atoms with Gasteiger partial charge in [0.15, 0.2) is 6.29 Å². The summed E-state index contributed by atoms with van der Waals surface area (Å²) in [6.07, 6.45) is 1.88. The molecule has 3 N–H and O–H groups in total. The largest absolute Gasteiger partial charge is 0.392 e. The molecule has 258 valence electrons. The topological polar surface area (TPSA) is 96.0 Å². The summed E-state index contributed by atoms with van der Waals surface area (Å²) in [6, 6.07) is 40.1. The number of aliphatic hydroxyl groups excluding tert-OH is 1. The predicted octanol–water partition coefficient (Wildman–Crippen LogP) is 7.21. The quantitative estimate of drug-likeness (QED) is 0.123. The van der Waals surface area contributed by atoms with E-state index in [0.717, 1.165) is 64.1 Å². The first kappa shape index (κ1) is 35.0. The number of hydrogen-bond donors (Lipinski definition) is 3. The minimum Gasteiger partial charge on any atom is -0.392 e. The SMILES string of the molecule is C[C@@H]1[C@H](CN(C)CCc2ccccn2)O[C@H](c2ccc(-c3ccccc3CNC(=O)NCc3ccccc3)cc2)O[C@@H]1c1ccc(CO)cc1. The van der Waals surface area contributed by atoms with Gasteiger partial charge in [-0.25, -0.2) is 4.79 Å². The standard InChI is InChI=1S/C42H46N4O4/c1-30-39(28-46(2)25-23-37-13-8-9-24-43-37)49-41(50-40(30)34-17-15-32(29-47)16-18-34)35-21-19-33(20-22-35)38-14-7-6-12-36(38)27-45-42(48)44-26-31-10-4-3-5-11-31/h3-22,24,30,39-41,47H,23,25-29H2,1-2H3,(H2,44,45,48)/t30-,39+,40+,41+/m1/s1. The number of carbonyl (C=O) groups is 1. The maximum Gasteiger partial charge on any atom is 0.315 e. The minimum atomic E-state index is -0.554. The van der Waals surface area contributed by atoms with Crippen molar-refractivity contribution >= 4 is 6.03 Å². The monoisotopic (exact) mass is 670 g/mol. The Morgan fingerprint density at radius 1 is 0.780 bits per heavy atom. The highest BCUT2D eigenvalue weighted by Crippen LogP contribution is 2.42. The Labute approximate surface area is 295 Å². The molecule has 1 aromatic heterocycles. The predicted molar refractivity (Wildman–Crippen MR) is 196 cm³/mol. The third kappa shape index (κ3) is 9.22. The average Bonchev–Trinajstić information content (AvgIpc) is 3.17. The zero-order valence-electron chi connectivity index (χ0n) is 28.7. The summed E-state index contributed by atoms with van der Waals surface area (Å²) in [7, 11) is 2.13. The second kappa shape index (κ2) is 17.2. The molecular formula is C42H46N4O4. The Kier molecular flexibility index (Phi) is 12.0. The first-order valence-electron chi connectivity index (χ1n) is 17.3. The van der Waals surface area contributed by atoms with Crippen LogP contribution < -0.4 is 10.6 Å². The molecule has 0 radical (unpaired) electrons. The molecule has 0 bridgehead atoms. The number of pyridine rings is 1. The summed E-state index contributed by atoms with van der Waals surface area (Å²) >= 11 is 0. The van der Waals surface area contributed by atoms with Crippen LogP contribution in [0.5, 0.6) is 0 Å². The summed E-state index contributed by atoms with van der Waals surface area (Å²) in [5.74, 6) is 0.0899. The molecule has 5 aromatic rings. The molecule has 0 saturated carbocycles. The number of ether oxygens (including phenoxy) is 2. The molecule has 6 rings (SSSR count). The van der Waals surface area contributed by atoms with E-state index in [0.29, 0.717) is 13.1 Å². The average molecular weight is 671 g/mol. The fourth-order valence-electron chi connectivity index (χ4n) is 6.37. The van der Waals surface area contributed by atoms with Crippen molar-refractivity contribution in [3.63, 3.8) is 0 Å². The Balaban J connectivity index is 1.15. The number of amides is 2. The fourth-order valence-corrected chi connectivity index (χ4v) is 6.37. The lowest BCUT2D eigenvalue weighted by Crippen LogP contribution is -2.43. The van der Waals surface area contributed by atoms with Gasteiger partial charge in [0.25, 0.3) is 0 Å². The second-order valence-corrected chi connectivity index (χ2v) is 13.0. The number of nitrogens with one attached hydrogen (secondary N) is 2. The number of benzene rings is 4. The van der Waals surface area contributed by atoms with Gasteiger partial charge in [-0.05, 0) is 52.6 Å². The molecule has 0 unspecified atom stereocenters. The van der Waals surface area contributed by atoms with Crippen LogP contribution in [0.2, 0.25) is 0 Å². The lowest BCUT2D eigenvalue weighted by Gasteiger charge is -2.42. The highest BCUT2D eigenvalue weighted by atomic mass is 16.7. The molecule has 8 heteroatoms. The van der Waals surface area contributed by atoms with Crippen LogP contribution in [0.25, 0.3) is 11.1 Å². The van der Waals surface area contributed by atoms with Crippen molar-refractivity contribution in [1.82, 2.24) is 20.5 Å². The van der Waals surface area contributed by atoms with Crippen LogP contribution in [-0.2, 0) is 35.6 Å². The van der Waals surface area contributed by atoms with Crippen LogP contribution in [0.1, 0.15) is 52.8 Å². The molecule has 2 amide bonds. The van der Waals surface area contributed by atoms with E-state index in [1.54, 1.807) is 0 Å². The number of aromatic nitrogens is 1. The van der Waals surface area contributed by atoms with Crippen molar-refractivity contribution in [2.75, 3.05) is 20.1 Å². The molecule has 1 aliphatic rings. The Morgan fingerprint density at radius 2 is 1.48 bits per heavy atom. The van der Waals surface area contributed by atoms with Crippen LogP contribution in [0.15, 0.2) is 128 Å². The van der Waals surface area contributed by atoms with Crippen molar-refractivity contribution < 1.29 is 19.4 Å². The molecule has 4 atom stereocenters. The molecule has 0 aliphatic carbocycles. The van der Waals surface area contributed by atoms with Gasteiger partial charge in [-0.2, -0.15) is 0 Å². The second-order valence-electron chi connectivity index (χ2n) is 13.0. The highest BCUT2D eigenvalue weighted by molar-refractivity contribution is 5.75. The molecule has 1 saturated heterocycles. The molecular weight excluding hydrogens is 624 g/mol. The summed E-state index contributed by atoms with van der Waals surface area (Å²) in [6.45, 7) is 4.67. The lowest BCUT2D eigenvalue weighted by molar-refractivity contribution is -0.275. The first-order chi connectivity index (χ1) is 24.5. The number of likely N-dealkylation sites (N-methyl/N-ethyl adjacent to an activating group) is 1. The van der Waals surface area contributed by atoms with Gasteiger partial charge in [-0.3, -0.25) is 4.98 Å². The van der Waals surface area contributed by atoms with E-state index in [1.165, 1.54) is 0 Å². The van der Waals surface area contributed by atoms with Crippen molar-refractivity contribution in [2.24, 2.45) is 5.92 Å². The van der Waals surface area contributed by atoms with Crippen LogP contribution in [0, 0.1) is 5.92 Å². The van der Waals surface area contributed by atoms with E-state index in [2.05, 4.69) is 70.9 Å². The van der Waals surface area contributed by atoms with Crippen molar-refractivity contribution in [3.05, 3.63) is 161 Å². The van der Waals surface area contributed by atoms with Gasteiger partial charge in [0.1, 0.15) is 0 Å². The van der Waals surface area contributed by atoms with E-state index in [1.807, 2.05) is 91.1 Å². The third-order valence-electron chi connectivity index (χ3n) is 9.34. The zero-order valence-corrected chi connectivity index (χ0v) is 28.7. The Bertz CT molecular complexity index is 1790. The van der Waals surface area contributed by atoms with Crippen molar-refractivity contribution in [1.29, 1.82) is 0 Å². The summed E-state index contributed by atoms with van der Waals surface area (Å²) < 4.78 is 13.4. The summed E-state index contributed by atoms with van der Waals surface area (Å²) in [5, 5.41) is 15.5. The van der Waals surface area contributed by atoms with Gasteiger partial charge in [-0.15, -0.1) is 0 Å². The zero-order chi connectivity index (χ0) is 34.7. The number of hydrogen-bond acceptors (Lipinski definition) is 6. The van der Waals surface area contributed by atoms with Crippen molar-refractivity contribution in [2.45, 2.75) is 51.5 Å². The van der Waals surface area contributed by atoms with Gasteiger partial charge in [0.05, 0.1) is 18.8 Å². The molecule has 8 nitrogen and oxygen atoms in total. The fraction of sp³-hybridized carbons (Fsp3) is 0.286. The highest BCUT2D eigenvalue weighted by Gasteiger charge is 2.38. The number of carbonyl (C=O) groups excluding carboxylic acids is 1. The van der Waals surface area contributed by atoms with Crippen LogP contribution in [0.3, 0.4) is 0 Å². The van der Waals surface area contributed by atoms with Crippen molar-refractivity contribution in [3.8, 4) is 11.1 Å². The van der Waals surface area contributed by atoms with E-state index in [-0.39, 0.29) is 30.8 Å². The molecule has 1 aliphatic heterocycles. The summed E-state index contributed by atoms with van der Waals surface area (Å²) in [4.78, 5) is 19.4. The molecule has 4 aromatic carbocycles. The van der Waals surface area contributed by atoms with Gasteiger partial charge >= 0.3 is 6.03 Å². The van der Waals surface area contributed by atoms with Crippen LogP contribution in [-0.4, -0.2) is 47.3 Å². The third-order valence-corrected chi connectivity index (χ3v) is 9.34. The molecule has 1 fully saturated rings. The lowest BCUT2D eigenvalue weighted by atomic mass is 9.90. The van der Waals surface area contributed by atoms with E-state index in [4.69, 9.17) is 9.47 Å². The summed E-state index contributed by atoms with van der Waals surface area (Å²) in [5.41, 5.74) is 8.11. The minimum absolute atomic E-state index is 0.00375. The van der Waals surface area contributed by atoms with Gasteiger partial charge in [0, 0.05) is 56.0 Å². The number of urea groups is 1. The van der Waals surface area contributed by atoms with Crippen LogP contribution in [0.4, 0.5) is 4.79 Å². The maximum atomic E-state index is 12.6. The number of aliphatic hydroxyl groups is 1. The number of nitrogens with zero attached hydrogens (tertiary/aromatic N) is 2. The number of rotatable bonds is 13. The first-order valence-corrected chi connectivity index (χ1v) is 17.3. The van der Waals surface area contributed by atoms with E-state index < -0.39 is 6.29 Å². The van der Waals surface area contributed by atoms with Crippen LogP contribution >= 0.6 is 0 Å². The van der Waals surface area contributed by atoms with Gasteiger partial charge < -0.3 is 30.1 Å². The van der Waals surface area contributed by atoms with Gasteiger partial charge in [0.2, 0.25) is 0 Å². The van der Waals surface area contributed by atoms with E-state index >= 15 is 0 Å². The Morgan fingerprint density at radius 3 is 2.22 bits per heavy atom. The van der Waals surface area contributed by atoms with E-state index in [9.17, 15) is 9.90 Å². The van der Waals surface area contributed by atoms with Gasteiger partial charge in [-0.1, -0.05) is 116 Å². The molecule has 0 spiro atoms. The molecule has 50 heavy (non-hydrogen) atoms. The maximum absolute atomic E-state index is 12.6. The smallest absolute Gasteiger partial charge is 0.315 e. The Hall–Kier alpha value is -4.86.